The van der Waals surface area contributed by atoms with Gasteiger partial charge in [0.25, 0.3) is 5.91 Å². The van der Waals surface area contributed by atoms with Crippen LogP contribution in [0.2, 0.25) is 0 Å². The van der Waals surface area contributed by atoms with Crippen molar-refractivity contribution in [3.8, 4) is 0 Å². The van der Waals surface area contributed by atoms with Crippen LogP contribution in [0.3, 0.4) is 0 Å². The number of carbonyl (C=O) groups excluding carboxylic acids is 1. The molecule has 0 aliphatic carbocycles. The van der Waals surface area contributed by atoms with Gasteiger partial charge in [-0.3, -0.25) is 4.79 Å². The molecule has 1 aliphatic heterocycles. The van der Waals surface area contributed by atoms with Gasteiger partial charge in [-0.05, 0) is 30.2 Å². The highest BCUT2D eigenvalue weighted by atomic mass is 32.2. The summed E-state index contributed by atoms with van der Waals surface area (Å²) in [7, 11) is -3.72. The van der Waals surface area contributed by atoms with E-state index in [1.54, 1.807) is 21.9 Å². The molecule has 20 heavy (non-hydrogen) atoms. The first kappa shape index (κ1) is 13.2. The van der Waals surface area contributed by atoms with Crippen molar-refractivity contribution in [3.05, 3.63) is 40.3 Å². The molecule has 0 atom stereocenters. The molecule has 8 heteroatoms. The summed E-state index contributed by atoms with van der Waals surface area (Å²) in [5, 5.41) is 6.80. The Balaban J connectivity index is 1.98. The molecule has 0 radical (unpaired) electrons. The number of nitrogens with two attached hydrogens (primary N) is 1. The molecule has 6 nitrogen and oxygen atoms in total. The van der Waals surface area contributed by atoms with Crippen molar-refractivity contribution in [2.24, 2.45) is 5.14 Å². The zero-order chi connectivity index (χ0) is 14.3. The zero-order valence-corrected chi connectivity index (χ0v) is 11.9. The van der Waals surface area contributed by atoms with Crippen LogP contribution in [-0.4, -0.2) is 25.9 Å². The summed E-state index contributed by atoms with van der Waals surface area (Å²) < 4.78 is 22.6. The molecular weight excluding hydrogens is 298 g/mol. The van der Waals surface area contributed by atoms with E-state index in [1.807, 2.05) is 0 Å². The third-order valence-corrected chi connectivity index (χ3v) is 4.67. The number of benzene rings is 1. The maximum absolute atomic E-state index is 12.3. The highest BCUT2D eigenvalue weighted by molar-refractivity contribution is 7.89. The Morgan fingerprint density at radius 2 is 2.20 bits per heavy atom. The minimum atomic E-state index is -3.72. The van der Waals surface area contributed by atoms with Crippen LogP contribution in [0.25, 0.3) is 0 Å². The van der Waals surface area contributed by atoms with Gasteiger partial charge < -0.3 is 4.90 Å². The first-order chi connectivity index (χ1) is 9.47. The highest BCUT2D eigenvalue weighted by Crippen LogP contribution is 2.31. The number of nitrogens with zero attached hydrogens (tertiary/aromatic N) is 2. The molecule has 0 saturated heterocycles. The minimum Gasteiger partial charge on any atom is -0.306 e. The van der Waals surface area contributed by atoms with E-state index in [0.29, 0.717) is 18.7 Å². The second-order valence-corrected chi connectivity index (χ2v) is 6.70. The summed E-state index contributed by atoms with van der Waals surface area (Å²) in [4.78, 5) is 18.0. The summed E-state index contributed by atoms with van der Waals surface area (Å²) >= 11 is 1.36. The minimum absolute atomic E-state index is 0.0687. The number of anilines is 1. The fraction of sp³-hybridized carbons (Fsp3) is 0.167. The third kappa shape index (κ3) is 2.21. The van der Waals surface area contributed by atoms with Gasteiger partial charge in [0.05, 0.1) is 10.4 Å². The molecule has 104 valence electrons. The predicted molar refractivity (Wildman–Crippen MR) is 75.3 cm³/mol. The number of aromatic nitrogens is 1. The summed E-state index contributed by atoms with van der Waals surface area (Å²) in [6.07, 6.45) is 0.606. The van der Waals surface area contributed by atoms with Crippen LogP contribution in [0.5, 0.6) is 0 Å². The Morgan fingerprint density at radius 3 is 2.85 bits per heavy atom. The van der Waals surface area contributed by atoms with Crippen LogP contribution >= 0.6 is 11.3 Å². The Labute approximate surface area is 119 Å². The molecule has 0 fully saturated rings. The molecule has 2 N–H and O–H groups in total. The number of carbonyl (C=O) groups is 1. The maximum Gasteiger partial charge on any atom is 0.277 e. The average molecular weight is 309 g/mol. The lowest BCUT2D eigenvalue weighted by atomic mass is 10.2. The summed E-state index contributed by atoms with van der Waals surface area (Å²) in [5.41, 5.74) is 3.53. The largest absolute Gasteiger partial charge is 0.306 e. The number of hydrogen-bond donors (Lipinski definition) is 1. The van der Waals surface area contributed by atoms with E-state index in [1.165, 1.54) is 23.5 Å². The topological polar surface area (TPSA) is 93.4 Å². The van der Waals surface area contributed by atoms with Gasteiger partial charge in [0.2, 0.25) is 10.0 Å². The van der Waals surface area contributed by atoms with E-state index in [9.17, 15) is 13.2 Å². The number of thiazole rings is 1. The second kappa shape index (κ2) is 4.65. The number of sulfonamides is 1. The fourth-order valence-corrected chi connectivity index (χ4v) is 3.31. The summed E-state index contributed by atoms with van der Waals surface area (Å²) in [6.45, 7) is 0.514. The van der Waals surface area contributed by atoms with Gasteiger partial charge in [-0.15, -0.1) is 11.3 Å². The molecule has 1 amide bonds. The van der Waals surface area contributed by atoms with Crippen molar-refractivity contribution in [1.29, 1.82) is 0 Å². The van der Waals surface area contributed by atoms with Gasteiger partial charge in [0.15, 0.2) is 0 Å². The van der Waals surface area contributed by atoms with Crippen molar-refractivity contribution < 1.29 is 13.2 Å². The molecule has 0 bridgehead atoms. The van der Waals surface area contributed by atoms with E-state index >= 15 is 0 Å². The van der Waals surface area contributed by atoms with Crippen LogP contribution in [0, 0.1) is 0 Å². The Hall–Kier alpha value is -1.77. The third-order valence-electron chi connectivity index (χ3n) is 3.17. The molecule has 1 aromatic carbocycles. The first-order valence-electron chi connectivity index (χ1n) is 5.82. The van der Waals surface area contributed by atoms with E-state index in [0.717, 1.165) is 11.3 Å². The number of primary sulfonamides is 1. The van der Waals surface area contributed by atoms with E-state index < -0.39 is 10.0 Å². The lowest BCUT2D eigenvalue weighted by molar-refractivity contribution is 0.0985. The van der Waals surface area contributed by atoms with E-state index in [4.69, 9.17) is 5.14 Å². The summed E-state index contributed by atoms with van der Waals surface area (Å²) in [5.74, 6) is -0.173. The molecule has 3 rings (SSSR count). The smallest absolute Gasteiger partial charge is 0.277 e. The molecule has 1 aromatic heterocycles. The molecule has 0 unspecified atom stereocenters. The average Bonchev–Trinajstić information content (AvgIpc) is 3.06. The van der Waals surface area contributed by atoms with Crippen molar-refractivity contribution in [3.63, 3.8) is 0 Å². The summed E-state index contributed by atoms with van der Waals surface area (Å²) in [6, 6.07) is 4.56. The van der Waals surface area contributed by atoms with Gasteiger partial charge >= 0.3 is 0 Å². The van der Waals surface area contributed by atoms with Crippen LogP contribution in [0.1, 0.15) is 16.1 Å². The van der Waals surface area contributed by atoms with Crippen LogP contribution < -0.4 is 10.0 Å². The zero-order valence-electron chi connectivity index (χ0n) is 10.3. The highest BCUT2D eigenvalue weighted by Gasteiger charge is 2.27. The monoisotopic (exact) mass is 309 g/mol. The number of rotatable bonds is 2. The predicted octanol–water partition coefficient (Wildman–Crippen LogP) is 0.993. The van der Waals surface area contributed by atoms with Gasteiger partial charge in [0.1, 0.15) is 5.69 Å². The van der Waals surface area contributed by atoms with Crippen LogP contribution in [-0.2, 0) is 16.4 Å². The normalized spacial score (nSPS) is 14.3. The van der Waals surface area contributed by atoms with Gasteiger partial charge in [-0.1, -0.05) is 0 Å². The molecule has 1 aliphatic rings. The van der Waals surface area contributed by atoms with Gasteiger partial charge in [0, 0.05) is 17.6 Å². The van der Waals surface area contributed by atoms with Gasteiger partial charge in [-0.25, -0.2) is 18.5 Å². The van der Waals surface area contributed by atoms with Crippen molar-refractivity contribution >= 4 is 33.0 Å². The fourth-order valence-electron chi connectivity index (χ4n) is 2.22. The van der Waals surface area contributed by atoms with E-state index in [2.05, 4.69) is 4.98 Å². The van der Waals surface area contributed by atoms with E-state index in [-0.39, 0.29) is 10.8 Å². The Bertz CT molecular complexity index is 769. The van der Waals surface area contributed by atoms with Crippen LogP contribution in [0.15, 0.2) is 34.0 Å². The lowest BCUT2D eigenvalue weighted by Gasteiger charge is -2.16. The Morgan fingerprint density at radius 1 is 1.40 bits per heavy atom. The number of fused-ring (bicyclic) bond motifs is 1. The number of hydrogen-bond acceptors (Lipinski definition) is 5. The quantitative estimate of drug-likeness (QED) is 0.895. The first-order valence-corrected chi connectivity index (χ1v) is 8.31. The van der Waals surface area contributed by atoms with Crippen molar-refractivity contribution in [2.45, 2.75) is 11.3 Å². The molecular formula is C12H11N3O3S2. The van der Waals surface area contributed by atoms with Crippen molar-refractivity contribution in [2.75, 3.05) is 11.4 Å². The standard InChI is InChI=1S/C12H11N3O3S2/c13-20(17,18)9-1-2-11-8(5-9)3-4-15(11)12(16)10-6-19-7-14-10/h1-2,5-7H,3-4H2,(H2,13,17,18). The van der Waals surface area contributed by atoms with Crippen LogP contribution in [0.4, 0.5) is 5.69 Å². The number of amides is 1. The van der Waals surface area contributed by atoms with Gasteiger partial charge in [-0.2, -0.15) is 0 Å². The Kier molecular flexibility index (Phi) is 3.08. The van der Waals surface area contributed by atoms with Crippen molar-refractivity contribution in [1.82, 2.24) is 4.98 Å². The molecule has 2 heterocycles. The molecule has 0 saturated carbocycles. The molecule has 0 spiro atoms. The lowest BCUT2D eigenvalue weighted by Crippen LogP contribution is -2.29. The SMILES string of the molecule is NS(=O)(=O)c1ccc2c(c1)CCN2C(=O)c1cscn1. The second-order valence-electron chi connectivity index (χ2n) is 4.42. The molecule has 2 aromatic rings. The maximum atomic E-state index is 12.3.